The van der Waals surface area contributed by atoms with E-state index in [2.05, 4.69) is 32.7 Å². The van der Waals surface area contributed by atoms with Crippen molar-refractivity contribution in [1.29, 1.82) is 0 Å². The molecule has 2 N–H and O–H groups in total. The number of methoxy groups -OCH3 is 1. The molecule has 0 bridgehead atoms. The summed E-state index contributed by atoms with van der Waals surface area (Å²) in [7, 11) is 3.41. The number of nitrogens with one attached hydrogen (secondary N) is 2. The molecule has 1 aliphatic rings. The zero-order valence-corrected chi connectivity index (χ0v) is 17.0. The lowest BCUT2D eigenvalue weighted by Crippen LogP contribution is -2.46. The van der Waals surface area contributed by atoms with Crippen LogP contribution in [0.25, 0.3) is 0 Å². The highest BCUT2D eigenvalue weighted by molar-refractivity contribution is 5.79. The number of halogens is 1. The van der Waals surface area contributed by atoms with Crippen molar-refractivity contribution in [2.75, 3.05) is 47.0 Å². The van der Waals surface area contributed by atoms with Gasteiger partial charge < -0.3 is 20.1 Å². The van der Waals surface area contributed by atoms with Gasteiger partial charge in [0.25, 0.3) is 0 Å². The summed E-state index contributed by atoms with van der Waals surface area (Å²) >= 11 is 0. The van der Waals surface area contributed by atoms with Crippen LogP contribution in [0.1, 0.15) is 17.2 Å². The molecule has 0 aromatic heterocycles. The van der Waals surface area contributed by atoms with Crippen LogP contribution in [0.5, 0.6) is 5.75 Å². The maximum absolute atomic E-state index is 13.4. The van der Waals surface area contributed by atoms with E-state index in [1.54, 1.807) is 20.2 Å². The van der Waals surface area contributed by atoms with Gasteiger partial charge in [0.15, 0.2) is 5.96 Å². The number of benzene rings is 2. The van der Waals surface area contributed by atoms with Crippen LogP contribution in [0.2, 0.25) is 0 Å². The Balaban J connectivity index is 1.64. The molecule has 1 aliphatic heterocycles. The zero-order chi connectivity index (χ0) is 20.5. The molecule has 3 rings (SSSR count). The summed E-state index contributed by atoms with van der Waals surface area (Å²) in [5.74, 6) is 1.29. The lowest BCUT2D eigenvalue weighted by molar-refractivity contribution is 0.0170. The molecule has 0 aliphatic carbocycles. The zero-order valence-electron chi connectivity index (χ0n) is 17.0. The van der Waals surface area contributed by atoms with Gasteiger partial charge in [0.05, 0.1) is 26.4 Å². The fourth-order valence-electron chi connectivity index (χ4n) is 3.42. The molecule has 6 nitrogen and oxygen atoms in total. The van der Waals surface area contributed by atoms with E-state index in [-0.39, 0.29) is 11.9 Å². The maximum Gasteiger partial charge on any atom is 0.191 e. The summed E-state index contributed by atoms with van der Waals surface area (Å²) in [6.07, 6.45) is 0. The Morgan fingerprint density at radius 2 is 1.93 bits per heavy atom. The molecule has 29 heavy (non-hydrogen) atoms. The van der Waals surface area contributed by atoms with E-state index < -0.39 is 0 Å². The van der Waals surface area contributed by atoms with E-state index >= 15 is 0 Å². The SMILES string of the molecule is CN=C(NCc1cccc(F)c1)NCC(c1ccc(OC)cc1)N1CCOCC1. The van der Waals surface area contributed by atoms with Gasteiger partial charge in [-0.15, -0.1) is 0 Å². The molecule has 7 heteroatoms. The molecule has 1 heterocycles. The molecule has 0 radical (unpaired) electrons. The number of aliphatic imine (C=N–C) groups is 1. The molecule has 1 atom stereocenters. The molecule has 0 amide bonds. The summed E-state index contributed by atoms with van der Waals surface area (Å²) in [4.78, 5) is 6.72. The fraction of sp³-hybridized carbons (Fsp3) is 0.409. The predicted molar refractivity (Wildman–Crippen MR) is 113 cm³/mol. The molecular weight excluding hydrogens is 371 g/mol. The number of guanidine groups is 1. The molecular formula is C22H29FN4O2. The Morgan fingerprint density at radius 1 is 1.17 bits per heavy atom. The smallest absolute Gasteiger partial charge is 0.191 e. The Kier molecular flexibility index (Phi) is 7.84. The first-order chi connectivity index (χ1) is 14.2. The number of nitrogens with zero attached hydrogens (tertiary/aromatic N) is 2. The molecule has 0 spiro atoms. The molecule has 156 valence electrons. The fourth-order valence-corrected chi connectivity index (χ4v) is 3.42. The second-order valence-electron chi connectivity index (χ2n) is 6.87. The van der Waals surface area contributed by atoms with E-state index in [1.165, 1.54) is 17.7 Å². The van der Waals surface area contributed by atoms with Crippen molar-refractivity contribution in [1.82, 2.24) is 15.5 Å². The third-order valence-electron chi connectivity index (χ3n) is 5.02. The molecule has 0 saturated carbocycles. The van der Waals surface area contributed by atoms with Gasteiger partial charge in [-0.05, 0) is 35.4 Å². The first-order valence-electron chi connectivity index (χ1n) is 9.84. The van der Waals surface area contributed by atoms with Gasteiger partial charge >= 0.3 is 0 Å². The van der Waals surface area contributed by atoms with Crippen LogP contribution in [-0.2, 0) is 11.3 Å². The molecule has 1 saturated heterocycles. The van der Waals surface area contributed by atoms with Crippen LogP contribution in [0, 0.1) is 5.82 Å². The minimum absolute atomic E-state index is 0.178. The van der Waals surface area contributed by atoms with Crippen molar-refractivity contribution in [3.05, 3.63) is 65.5 Å². The van der Waals surface area contributed by atoms with E-state index in [9.17, 15) is 4.39 Å². The lowest BCUT2D eigenvalue weighted by atomic mass is 10.0. The van der Waals surface area contributed by atoms with Crippen LogP contribution in [0.4, 0.5) is 4.39 Å². The van der Waals surface area contributed by atoms with Gasteiger partial charge in [0, 0.05) is 33.2 Å². The molecule has 2 aromatic carbocycles. The normalized spacial score (nSPS) is 16.3. The third kappa shape index (κ3) is 6.17. The summed E-state index contributed by atoms with van der Waals surface area (Å²) < 4.78 is 24.2. The van der Waals surface area contributed by atoms with Crippen LogP contribution in [0.3, 0.4) is 0 Å². The summed E-state index contributed by atoms with van der Waals surface area (Å²) in [5.41, 5.74) is 2.08. The summed E-state index contributed by atoms with van der Waals surface area (Å²) in [6.45, 7) is 4.43. The highest BCUT2D eigenvalue weighted by Gasteiger charge is 2.23. The minimum Gasteiger partial charge on any atom is -0.497 e. The third-order valence-corrected chi connectivity index (χ3v) is 5.02. The van der Waals surface area contributed by atoms with Crippen molar-refractivity contribution in [2.45, 2.75) is 12.6 Å². The van der Waals surface area contributed by atoms with Gasteiger partial charge in [0.1, 0.15) is 11.6 Å². The highest BCUT2D eigenvalue weighted by Crippen LogP contribution is 2.23. The van der Waals surface area contributed by atoms with Crippen LogP contribution in [-0.4, -0.2) is 57.9 Å². The summed E-state index contributed by atoms with van der Waals surface area (Å²) in [5, 5.41) is 6.66. The second-order valence-corrected chi connectivity index (χ2v) is 6.87. The second kappa shape index (κ2) is 10.8. The maximum atomic E-state index is 13.4. The average molecular weight is 400 g/mol. The van der Waals surface area contributed by atoms with Gasteiger partial charge in [-0.3, -0.25) is 9.89 Å². The van der Waals surface area contributed by atoms with Crippen LogP contribution >= 0.6 is 0 Å². The Morgan fingerprint density at radius 3 is 2.59 bits per heavy atom. The van der Waals surface area contributed by atoms with E-state index in [1.807, 2.05) is 18.2 Å². The Labute approximate surface area is 171 Å². The topological polar surface area (TPSA) is 58.1 Å². The number of hydrogen-bond acceptors (Lipinski definition) is 4. The Hall–Kier alpha value is -2.64. The highest BCUT2D eigenvalue weighted by atomic mass is 19.1. The summed E-state index contributed by atoms with van der Waals surface area (Å²) in [6, 6.07) is 14.9. The number of ether oxygens (including phenoxy) is 2. The van der Waals surface area contributed by atoms with E-state index in [4.69, 9.17) is 9.47 Å². The quantitative estimate of drug-likeness (QED) is 0.553. The predicted octanol–water partition coefficient (Wildman–Crippen LogP) is 2.57. The van der Waals surface area contributed by atoms with Gasteiger partial charge in [-0.2, -0.15) is 0 Å². The number of rotatable bonds is 7. The van der Waals surface area contributed by atoms with Gasteiger partial charge in [-0.1, -0.05) is 24.3 Å². The molecule has 1 unspecified atom stereocenters. The van der Waals surface area contributed by atoms with E-state index in [0.29, 0.717) is 19.0 Å². The molecule has 1 fully saturated rings. The van der Waals surface area contributed by atoms with E-state index in [0.717, 1.165) is 37.6 Å². The average Bonchev–Trinajstić information content (AvgIpc) is 2.77. The van der Waals surface area contributed by atoms with Crippen LogP contribution < -0.4 is 15.4 Å². The monoisotopic (exact) mass is 400 g/mol. The number of hydrogen-bond donors (Lipinski definition) is 2. The standard InChI is InChI=1S/C22H29FN4O2/c1-24-22(25-15-17-4-3-5-19(23)14-17)26-16-21(27-10-12-29-13-11-27)18-6-8-20(28-2)9-7-18/h3-9,14,21H,10-13,15-16H2,1-2H3,(H2,24,25,26). The van der Waals surface area contributed by atoms with Crippen molar-refractivity contribution in [2.24, 2.45) is 4.99 Å². The largest absolute Gasteiger partial charge is 0.497 e. The van der Waals surface area contributed by atoms with Crippen molar-refractivity contribution in [3.63, 3.8) is 0 Å². The first kappa shape index (κ1) is 21.1. The van der Waals surface area contributed by atoms with Crippen molar-refractivity contribution < 1.29 is 13.9 Å². The Bertz CT molecular complexity index is 792. The van der Waals surface area contributed by atoms with Crippen LogP contribution in [0.15, 0.2) is 53.5 Å². The number of morpholine rings is 1. The first-order valence-corrected chi connectivity index (χ1v) is 9.84. The van der Waals surface area contributed by atoms with Crippen molar-refractivity contribution >= 4 is 5.96 Å². The molecule has 2 aromatic rings. The van der Waals surface area contributed by atoms with Gasteiger partial charge in [0.2, 0.25) is 0 Å². The van der Waals surface area contributed by atoms with Crippen molar-refractivity contribution in [3.8, 4) is 5.75 Å². The van der Waals surface area contributed by atoms with Gasteiger partial charge in [-0.25, -0.2) is 4.39 Å². The minimum atomic E-state index is -0.237. The lowest BCUT2D eigenvalue weighted by Gasteiger charge is -2.35.